The van der Waals surface area contributed by atoms with Gasteiger partial charge in [-0.1, -0.05) is 96.1 Å². The van der Waals surface area contributed by atoms with Crippen LogP contribution in [0.1, 0.15) is 69.4 Å². The summed E-state index contributed by atoms with van der Waals surface area (Å²) in [5, 5.41) is 7.75. The molecule has 12 aromatic rings. The molecule has 0 saturated carbocycles. The SMILES string of the molecule is Cc1cccc(C)c1-c1nc2c3oc4ccc(C(C)(C)C)cc4c3ccc2n1-c1ccc2c3cccc(C)c3c3nc4c5oc6ccc(C(C)(C)C)cc6c5ccc4n3c2c1Br. The van der Waals surface area contributed by atoms with Crippen LogP contribution in [-0.2, 0) is 10.8 Å². The van der Waals surface area contributed by atoms with Gasteiger partial charge in [-0.2, -0.15) is 0 Å². The number of fused-ring (bicyclic) bond motifs is 17. The number of halogens is 1. The fourth-order valence-electron chi connectivity index (χ4n) is 10.0. The van der Waals surface area contributed by atoms with Crippen LogP contribution in [0.15, 0.2) is 123 Å². The van der Waals surface area contributed by atoms with E-state index in [-0.39, 0.29) is 10.8 Å². The first-order valence-corrected chi connectivity index (χ1v) is 22.2. The molecule has 0 bridgehead atoms. The van der Waals surface area contributed by atoms with Crippen molar-refractivity contribution in [2.75, 3.05) is 0 Å². The summed E-state index contributed by atoms with van der Waals surface area (Å²) < 4.78 is 19.1. The van der Waals surface area contributed by atoms with Crippen molar-refractivity contribution < 1.29 is 8.83 Å². The van der Waals surface area contributed by atoms with E-state index in [1.165, 1.54) is 16.7 Å². The van der Waals surface area contributed by atoms with Gasteiger partial charge in [0.1, 0.15) is 33.7 Å². The molecule has 0 fully saturated rings. The summed E-state index contributed by atoms with van der Waals surface area (Å²) in [5.41, 5.74) is 17.0. The van der Waals surface area contributed by atoms with Crippen molar-refractivity contribution in [2.24, 2.45) is 0 Å². The number of nitrogens with zero attached hydrogens (tertiary/aromatic N) is 4. The average molecular weight is 874 g/mol. The number of imidazole rings is 2. The Balaban J connectivity index is 1.20. The highest BCUT2D eigenvalue weighted by Crippen LogP contribution is 2.45. The third-order valence-corrected chi connectivity index (χ3v) is 14.1. The summed E-state index contributed by atoms with van der Waals surface area (Å²) in [6.45, 7) is 20.0. The van der Waals surface area contributed by atoms with Gasteiger partial charge in [-0.05, 0) is 135 Å². The molecule has 7 aromatic carbocycles. The van der Waals surface area contributed by atoms with Gasteiger partial charge in [0, 0.05) is 37.9 Å². The summed E-state index contributed by atoms with van der Waals surface area (Å²) in [6, 6.07) is 39.5. The normalized spacial score (nSPS) is 13.0. The van der Waals surface area contributed by atoms with E-state index < -0.39 is 0 Å². The maximum Gasteiger partial charge on any atom is 0.163 e. The third kappa shape index (κ3) is 5.09. The first kappa shape index (κ1) is 37.3. The Hall–Kier alpha value is -6.44. The van der Waals surface area contributed by atoms with E-state index in [1.54, 1.807) is 0 Å². The van der Waals surface area contributed by atoms with E-state index in [4.69, 9.17) is 18.8 Å². The molecular weight excluding hydrogens is 829 g/mol. The van der Waals surface area contributed by atoms with E-state index in [0.29, 0.717) is 0 Å². The zero-order valence-corrected chi connectivity index (χ0v) is 38.0. The molecule has 0 unspecified atom stereocenters. The Labute approximate surface area is 366 Å². The lowest BCUT2D eigenvalue weighted by Crippen LogP contribution is -2.10. The smallest absolute Gasteiger partial charge is 0.163 e. The van der Waals surface area contributed by atoms with Crippen LogP contribution >= 0.6 is 15.9 Å². The third-order valence-electron chi connectivity index (χ3n) is 13.3. The van der Waals surface area contributed by atoms with Crippen LogP contribution in [0.4, 0.5) is 0 Å². The second-order valence-electron chi connectivity index (χ2n) is 19.3. The van der Waals surface area contributed by atoms with Gasteiger partial charge in [0.2, 0.25) is 0 Å². The minimum atomic E-state index is 0.00554. The van der Waals surface area contributed by atoms with Gasteiger partial charge in [-0.3, -0.25) is 8.97 Å². The van der Waals surface area contributed by atoms with Crippen molar-refractivity contribution >= 4 is 109 Å². The predicted molar refractivity (Wildman–Crippen MR) is 262 cm³/mol. The second kappa shape index (κ2) is 12.6. The monoisotopic (exact) mass is 872 g/mol. The number of benzene rings is 7. The molecule has 0 amide bonds. The first-order valence-electron chi connectivity index (χ1n) is 21.4. The Bertz CT molecular complexity index is 3920. The van der Waals surface area contributed by atoms with E-state index in [2.05, 4.69) is 196 Å². The molecule has 0 N–H and O–H groups in total. The van der Waals surface area contributed by atoms with Crippen molar-refractivity contribution in [1.82, 2.24) is 18.9 Å². The lowest BCUT2D eigenvalue weighted by atomic mass is 9.86. The molecule has 304 valence electrons. The number of aryl methyl sites for hydroxylation is 3. The summed E-state index contributed by atoms with van der Waals surface area (Å²) in [6.07, 6.45) is 0. The molecule has 0 aliphatic rings. The van der Waals surface area contributed by atoms with Gasteiger partial charge in [-0.15, -0.1) is 0 Å². The zero-order chi connectivity index (χ0) is 42.7. The van der Waals surface area contributed by atoms with Gasteiger partial charge in [0.05, 0.1) is 26.7 Å². The number of rotatable bonds is 2. The minimum Gasteiger partial charge on any atom is -0.454 e. The number of hydrogen-bond donors (Lipinski definition) is 0. The second-order valence-corrected chi connectivity index (χ2v) is 20.1. The van der Waals surface area contributed by atoms with Gasteiger partial charge in [0.15, 0.2) is 11.2 Å². The molecule has 5 heterocycles. The standard InChI is InChI=1S/C55H45BrN4O2/c1-28-12-10-13-29(2)44(28)52-57-47-40(22-19-35-37-26-31(54(4,5)6)16-24-42(37)61-50(35)47)59(52)39-21-18-34-33-15-11-14-30(3)45(33)53-58-48-41(60(53)49(34)46(39)56)23-20-36-38-27-32(55(7,8)9)17-25-43(38)62-51(36)48/h10-27H,1-9H3. The van der Waals surface area contributed by atoms with Crippen LogP contribution in [0, 0.1) is 20.8 Å². The molecule has 0 saturated heterocycles. The molecular formula is C55H45BrN4O2. The molecule has 12 rings (SSSR count). The summed E-state index contributed by atoms with van der Waals surface area (Å²) in [4.78, 5) is 11.1. The zero-order valence-electron chi connectivity index (χ0n) is 36.4. The van der Waals surface area contributed by atoms with Crippen molar-refractivity contribution in [1.29, 1.82) is 0 Å². The molecule has 5 aromatic heterocycles. The van der Waals surface area contributed by atoms with Gasteiger partial charge in [-0.25, -0.2) is 9.97 Å². The maximum atomic E-state index is 6.76. The molecule has 0 aliphatic carbocycles. The van der Waals surface area contributed by atoms with Crippen molar-refractivity contribution in [3.8, 4) is 17.1 Å². The highest BCUT2D eigenvalue weighted by atomic mass is 79.9. The van der Waals surface area contributed by atoms with E-state index in [1.807, 2.05) is 0 Å². The Morgan fingerprint density at radius 2 is 1.08 bits per heavy atom. The molecule has 7 heteroatoms. The summed E-state index contributed by atoms with van der Waals surface area (Å²) >= 11 is 4.29. The Morgan fingerprint density at radius 3 is 1.69 bits per heavy atom. The Kier molecular flexibility index (Phi) is 7.57. The Morgan fingerprint density at radius 1 is 0.532 bits per heavy atom. The van der Waals surface area contributed by atoms with Crippen molar-refractivity contribution in [3.63, 3.8) is 0 Å². The predicted octanol–water partition coefficient (Wildman–Crippen LogP) is 15.9. The first-order chi connectivity index (χ1) is 29.7. The molecule has 0 atom stereocenters. The summed E-state index contributed by atoms with van der Waals surface area (Å²) in [5.74, 6) is 0.862. The highest BCUT2D eigenvalue weighted by Gasteiger charge is 2.27. The molecule has 0 radical (unpaired) electrons. The molecule has 0 spiro atoms. The number of aromatic nitrogens is 4. The van der Waals surface area contributed by atoms with Crippen LogP contribution in [0.5, 0.6) is 0 Å². The fraction of sp³-hybridized carbons (Fsp3) is 0.200. The number of pyridine rings is 1. The van der Waals surface area contributed by atoms with E-state index in [9.17, 15) is 0 Å². The molecule has 62 heavy (non-hydrogen) atoms. The fourth-order valence-corrected chi connectivity index (χ4v) is 10.7. The highest BCUT2D eigenvalue weighted by molar-refractivity contribution is 9.10. The largest absolute Gasteiger partial charge is 0.454 e. The lowest BCUT2D eigenvalue weighted by molar-refractivity contribution is 0.590. The van der Waals surface area contributed by atoms with E-state index in [0.717, 1.165) is 126 Å². The average Bonchev–Trinajstić information content (AvgIpc) is 4.00. The van der Waals surface area contributed by atoms with Gasteiger partial charge < -0.3 is 8.83 Å². The molecule has 0 aliphatic heterocycles. The van der Waals surface area contributed by atoms with Crippen molar-refractivity contribution in [3.05, 3.63) is 141 Å². The topological polar surface area (TPSA) is 61.4 Å². The van der Waals surface area contributed by atoms with Gasteiger partial charge in [0.25, 0.3) is 0 Å². The number of hydrogen-bond acceptors (Lipinski definition) is 4. The van der Waals surface area contributed by atoms with Crippen molar-refractivity contribution in [2.45, 2.75) is 73.1 Å². The van der Waals surface area contributed by atoms with Gasteiger partial charge >= 0.3 is 0 Å². The van der Waals surface area contributed by atoms with Crippen LogP contribution in [0.25, 0.3) is 110 Å². The summed E-state index contributed by atoms with van der Waals surface area (Å²) in [7, 11) is 0. The van der Waals surface area contributed by atoms with Crippen LogP contribution < -0.4 is 0 Å². The quantitative estimate of drug-likeness (QED) is 0.162. The number of furan rings is 2. The van der Waals surface area contributed by atoms with Crippen LogP contribution in [0.2, 0.25) is 0 Å². The minimum absolute atomic E-state index is 0.00554. The maximum absolute atomic E-state index is 6.76. The molecule has 6 nitrogen and oxygen atoms in total. The van der Waals surface area contributed by atoms with Crippen LogP contribution in [0.3, 0.4) is 0 Å². The van der Waals surface area contributed by atoms with E-state index >= 15 is 0 Å². The van der Waals surface area contributed by atoms with Crippen LogP contribution in [-0.4, -0.2) is 18.9 Å². The lowest BCUT2D eigenvalue weighted by Gasteiger charge is -2.18.